The van der Waals surface area contributed by atoms with Gasteiger partial charge in [-0.1, -0.05) is 35.4 Å². The highest BCUT2D eigenvalue weighted by molar-refractivity contribution is 5.20. The molecule has 0 radical (unpaired) electrons. The summed E-state index contributed by atoms with van der Waals surface area (Å²) in [4.78, 5) is 0. The molecule has 0 saturated carbocycles. The smallest absolute Gasteiger partial charge is 0.0587 e. The Bertz CT molecular complexity index is 291. The van der Waals surface area contributed by atoms with E-state index in [0.717, 1.165) is 0 Å². The topological polar surface area (TPSA) is 118 Å². The van der Waals surface area contributed by atoms with Crippen molar-refractivity contribution >= 4 is 0 Å². The molecule has 1 aromatic rings. The first-order valence-corrected chi connectivity index (χ1v) is 4.27. The fourth-order valence-corrected chi connectivity index (χ4v) is 0.807. The fourth-order valence-electron chi connectivity index (χ4n) is 0.807. The van der Waals surface area contributed by atoms with Gasteiger partial charge < -0.3 is 12.3 Å². The Kier molecular flexibility index (Phi) is 27.9. The Hall–Kier alpha value is -1.88. The van der Waals surface area contributed by atoms with E-state index in [4.69, 9.17) is 10.5 Å². The molecular formula is C12H22N4. The van der Waals surface area contributed by atoms with Gasteiger partial charge in [-0.15, -0.1) is 0 Å². The van der Waals surface area contributed by atoms with E-state index in [1.54, 1.807) is 12.1 Å². The first-order chi connectivity index (χ1) is 6.62. The van der Waals surface area contributed by atoms with Crippen molar-refractivity contribution in [1.82, 2.24) is 12.3 Å². The molecule has 0 heterocycles. The first kappa shape index (κ1) is 23.7. The molecule has 0 fully saturated rings. The highest BCUT2D eigenvalue weighted by Gasteiger charge is 1.80. The van der Waals surface area contributed by atoms with Gasteiger partial charge in [0.15, 0.2) is 0 Å². The van der Waals surface area contributed by atoms with Crippen molar-refractivity contribution in [3.8, 4) is 12.1 Å². The van der Waals surface area contributed by atoms with Crippen molar-refractivity contribution in [3.05, 3.63) is 35.4 Å². The average Bonchev–Trinajstić information content (AvgIpc) is 2.06. The largest absolute Gasteiger partial charge is 0.344 e. The SMILES string of the molecule is CC#N.CC#N.Cc1cccc(C)c1.N.N. The Labute approximate surface area is 98.7 Å². The van der Waals surface area contributed by atoms with Gasteiger partial charge in [0, 0.05) is 13.8 Å². The van der Waals surface area contributed by atoms with Crippen LogP contribution in [0.25, 0.3) is 0 Å². The summed E-state index contributed by atoms with van der Waals surface area (Å²) in [5.74, 6) is 0. The van der Waals surface area contributed by atoms with E-state index >= 15 is 0 Å². The van der Waals surface area contributed by atoms with Crippen molar-refractivity contribution in [3.63, 3.8) is 0 Å². The molecule has 90 valence electrons. The van der Waals surface area contributed by atoms with Gasteiger partial charge in [-0.25, -0.2) is 0 Å². The second kappa shape index (κ2) is 18.8. The van der Waals surface area contributed by atoms with Crippen LogP contribution in [0, 0.1) is 36.5 Å². The molecule has 0 aromatic heterocycles. The predicted molar refractivity (Wildman–Crippen MR) is 68.5 cm³/mol. The zero-order chi connectivity index (χ0) is 11.4. The molecule has 4 nitrogen and oxygen atoms in total. The molecular weight excluding hydrogens is 200 g/mol. The van der Waals surface area contributed by atoms with E-state index in [0.29, 0.717) is 0 Å². The van der Waals surface area contributed by atoms with Crippen LogP contribution < -0.4 is 12.3 Å². The van der Waals surface area contributed by atoms with Gasteiger partial charge in [-0.3, -0.25) is 0 Å². The van der Waals surface area contributed by atoms with Crippen LogP contribution in [-0.2, 0) is 0 Å². The lowest BCUT2D eigenvalue weighted by Crippen LogP contribution is -1.71. The van der Waals surface area contributed by atoms with E-state index in [2.05, 4.69) is 38.1 Å². The lowest BCUT2D eigenvalue weighted by atomic mass is 10.2. The average molecular weight is 222 g/mol. The minimum Gasteiger partial charge on any atom is -0.344 e. The van der Waals surface area contributed by atoms with Crippen molar-refractivity contribution in [2.75, 3.05) is 0 Å². The van der Waals surface area contributed by atoms with Crippen LogP contribution >= 0.6 is 0 Å². The van der Waals surface area contributed by atoms with Crippen molar-refractivity contribution in [1.29, 1.82) is 10.5 Å². The molecule has 0 aliphatic rings. The Morgan fingerprint density at radius 3 is 1.25 bits per heavy atom. The summed E-state index contributed by atoms with van der Waals surface area (Å²) in [7, 11) is 0. The number of nitrogens with zero attached hydrogens (tertiary/aromatic N) is 2. The van der Waals surface area contributed by atoms with Crippen LogP contribution in [0.2, 0.25) is 0 Å². The van der Waals surface area contributed by atoms with Crippen molar-refractivity contribution < 1.29 is 0 Å². The molecule has 0 spiro atoms. The van der Waals surface area contributed by atoms with Gasteiger partial charge in [0.05, 0.1) is 12.1 Å². The Morgan fingerprint density at radius 2 is 1.12 bits per heavy atom. The molecule has 1 rings (SSSR count). The van der Waals surface area contributed by atoms with Crippen LogP contribution in [0.5, 0.6) is 0 Å². The zero-order valence-electron chi connectivity index (χ0n) is 10.6. The fraction of sp³-hybridized carbons (Fsp3) is 0.333. The molecule has 1 aromatic carbocycles. The monoisotopic (exact) mass is 222 g/mol. The van der Waals surface area contributed by atoms with E-state index < -0.39 is 0 Å². The summed E-state index contributed by atoms with van der Waals surface area (Å²) in [6.07, 6.45) is 0. The quantitative estimate of drug-likeness (QED) is 0.695. The summed E-state index contributed by atoms with van der Waals surface area (Å²) < 4.78 is 0. The number of hydrogen-bond acceptors (Lipinski definition) is 4. The van der Waals surface area contributed by atoms with E-state index in [9.17, 15) is 0 Å². The number of benzene rings is 1. The summed E-state index contributed by atoms with van der Waals surface area (Å²) >= 11 is 0. The van der Waals surface area contributed by atoms with Gasteiger partial charge >= 0.3 is 0 Å². The number of rotatable bonds is 0. The second-order valence-corrected chi connectivity index (χ2v) is 2.61. The molecule has 0 atom stereocenters. The van der Waals surface area contributed by atoms with Crippen LogP contribution in [0.15, 0.2) is 24.3 Å². The number of aryl methyl sites for hydroxylation is 2. The highest BCUT2D eigenvalue weighted by Crippen LogP contribution is 2.00. The van der Waals surface area contributed by atoms with Crippen LogP contribution in [-0.4, -0.2) is 0 Å². The van der Waals surface area contributed by atoms with Crippen LogP contribution in [0.1, 0.15) is 25.0 Å². The van der Waals surface area contributed by atoms with Crippen molar-refractivity contribution in [2.24, 2.45) is 0 Å². The maximum absolute atomic E-state index is 7.32. The van der Waals surface area contributed by atoms with Crippen LogP contribution in [0.4, 0.5) is 0 Å². The molecule has 0 bridgehead atoms. The van der Waals surface area contributed by atoms with E-state index in [1.165, 1.54) is 25.0 Å². The molecule has 6 N–H and O–H groups in total. The van der Waals surface area contributed by atoms with Gasteiger partial charge in [0.25, 0.3) is 0 Å². The van der Waals surface area contributed by atoms with Gasteiger partial charge in [-0.05, 0) is 13.8 Å². The molecule has 4 heteroatoms. The molecule has 16 heavy (non-hydrogen) atoms. The second-order valence-electron chi connectivity index (χ2n) is 2.61. The van der Waals surface area contributed by atoms with Crippen molar-refractivity contribution in [2.45, 2.75) is 27.7 Å². The predicted octanol–water partition coefficient (Wildman–Crippen LogP) is 3.69. The van der Waals surface area contributed by atoms with Gasteiger partial charge in [-0.2, -0.15) is 10.5 Å². The molecule has 0 unspecified atom stereocenters. The molecule has 0 saturated heterocycles. The third-order valence-electron chi connectivity index (χ3n) is 1.17. The molecule has 0 aliphatic carbocycles. The van der Waals surface area contributed by atoms with E-state index in [-0.39, 0.29) is 12.3 Å². The Balaban J connectivity index is -0.0000000785. The standard InChI is InChI=1S/C8H10.2C2H3N.2H3N/c1-7-4-3-5-8(2)6-7;2*1-2-3;;/h3-6H,1-2H3;2*1H3;2*1H3. The van der Waals surface area contributed by atoms with Crippen LogP contribution in [0.3, 0.4) is 0 Å². The maximum atomic E-state index is 7.32. The zero-order valence-corrected chi connectivity index (χ0v) is 10.6. The highest BCUT2D eigenvalue weighted by atomic mass is 14.2. The molecule has 0 amide bonds. The third-order valence-corrected chi connectivity index (χ3v) is 1.17. The summed E-state index contributed by atoms with van der Waals surface area (Å²) in [6.45, 7) is 7.07. The van der Waals surface area contributed by atoms with Gasteiger partial charge in [0.1, 0.15) is 0 Å². The summed E-state index contributed by atoms with van der Waals surface area (Å²) in [5, 5.41) is 14.6. The minimum atomic E-state index is 0. The van der Waals surface area contributed by atoms with Gasteiger partial charge in [0.2, 0.25) is 0 Å². The number of nitriles is 2. The normalized spacial score (nSPS) is 5.62. The molecule has 0 aliphatic heterocycles. The Morgan fingerprint density at radius 1 is 0.875 bits per heavy atom. The lowest BCUT2D eigenvalue weighted by Gasteiger charge is -1.90. The number of hydrogen-bond donors (Lipinski definition) is 2. The summed E-state index contributed by atoms with van der Waals surface area (Å²) in [6, 6.07) is 11.9. The first-order valence-electron chi connectivity index (χ1n) is 4.27. The summed E-state index contributed by atoms with van der Waals surface area (Å²) in [5.41, 5.74) is 2.68. The van der Waals surface area contributed by atoms with E-state index in [1.807, 2.05) is 0 Å². The minimum absolute atomic E-state index is 0. The third kappa shape index (κ3) is 22.7. The maximum Gasteiger partial charge on any atom is 0.0587 e. The lowest BCUT2D eigenvalue weighted by molar-refractivity contribution is 1.39.